The van der Waals surface area contributed by atoms with Crippen LogP contribution in [0.3, 0.4) is 0 Å². The smallest absolute Gasteiger partial charge is 0.183 e. The number of nitrogens with one attached hydrogen (secondary N) is 1. The minimum atomic E-state index is -3.97. The van der Waals surface area contributed by atoms with E-state index in [-0.39, 0.29) is 16.7 Å². The van der Waals surface area contributed by atoms with E-state index >= 15 is 0 Å². The molecule has 2 saturated heterocycles. The number of ether oxygens (including phenoxy) is 1. The third-order valence-corrected chi connectivity index (χ3v) is 9.94. The molecule has 2 fully saturated rings. The van der Waals surface area contributed by atoms with Crippen LogP contribution in [0.1, 0.15) is 11.8 Å². The van der Waals surface area contributed by atoms with Gasteiger partial charge in [0.1, 0.15) is 11.6 Å². The van der Waals surface area contributed by atoms with Gasteiger partial charge in [-0.15, -0.1) is 0 Å². The van der Waals surface area contributed by atoms with E-state index < -0.39 is 42.5 Å². The highest BCUT2D eigenvalue weighted by atomic mass is 32.2. The number of rotatable bonds is 7. The van der Waals surface area contributed by atoms with Crippen molar-refractivity contribution in [1.29, 1.82) is 0 Å². The summed E-state index contributed by atoms with van der Waals surface area (Å²) in [5.74, 6) is -0.577. The number of furan rings is 1. The summed E-state index contributed by atoms with van der Waals surface area (Å²) in [6, 6.07) is 7.13. The lowest BCUT2D eigenvalue weighted by atomic mass is 10.1. The lowest BCUT2D eigenvalue weighted by Crippen LogP contribution is -2.48. The average Bonchev–Trinajstić information content (AvgIpc) is 3.37. The zero-order valence-corrected chi connectivity index (χ0v) is 18.4. The standard InChI is InChI=1S/C20H25FN2O6S2/c21-15-3-5-16(6-4-15)31(26,27)20-14-30(24,25)13-17(20)22-12-18(19-2-1-9-29-19)23-7-10-28-11-8-23/h1-6,9,17-18,20,22H,7-8,10-14H2/t17-,18?,20-/m0/s1. The van der Waals surface area contributed by atoms with Crippen LogP contribution in [0.2, 0.25) is 0 Å². The van der Waals surface area contributed by atoms with Crippen LogP contribution >= 0.6 is 0 Å². The van der Waals surface area contributed by atoms with Crippen molar-refractivity contribution < 1.29 is 30.4 Å². The lowest BCUT2D eigenvalue weighted by Gasteiger charge is -2.34. The van der Waals surface area contributed by atoms with E-state index in [0.29, 0.717) is 38.6 Å². The number of hydrogen-bond acceptors (Lipinski definition) is 8. The van der Waals surface area contributed by atoms with Crippen LogP contribution in [0.4, 0.5) is 4.39 Å². The molecule has 0 aliphatic carbocycles. The van der Waals surface area contributed by atoms with Crippen molar-refractivity contribution in [3.63, 3.8) is 0 Å². The predicted octanol–water partition coefficient (Wildman–Crippen LogP) is 1.02. The second-order valence-electron chi connectivity index (χ2n) is 7.81. The average molecular weight is 473 g/mol. The van der Waals surface area contributed by atoms with Gasteiger partial charge in [0.25, 0.3) is 0 Å². The van der Waals surface area contributed by atoms with Gasteiger partial charge in [-0.2, -0.15) is 0 Å². The maximum Gasteiger partial charge on any atom is 0.183 e. The fourth-order valence-corrected chi connectivity index (χ4v) is 8.87. The maximum absolute atomic E-state index is 13.2. The largest absolute Gasteiger partial charge is 0.468 e. The highest BCUT2D eigenvalue weighted by molar-refractivity contribution is 7.96. The molecule has 3 heterocycles. The van der Waals surface area contributed by atoms with E-state index in [2.05, 4.69) is 10.2 Å². The molecule has 4 rings (SSSR count). The van der Waals surface area contributed by atoms with Crippen LogP contribution in [-0.4, -0.2) is 77.4 Å². The fourth-order valence-electron chi connectivity index (χ4n) is 4.15. The molecule has 0 radical (unpaired) electrons. The summed E-state index contributed by atoms with van der Waals surface area (Å²) < 4.78 is 75.2. The second-order valence-corrected chi connectivity index (χ2v) is 12.1. The number of morpholine rings is 1. The maximum atomic E-state index is 13.2. The van der Waals surface area contributed by atoms with Crippen LogP contribution in [-0.2, 0) is 24.4 Å². The van der Waals surface area contributed by atoms with E-state index in [1.54, 1.807) is 12.3 Å². The number of halogens is 1. The Morgan fingerprint density at radius 2 is 1.84 bits per heavy atom. The van der Waals surface area contributed by atoms with Gasteiger partial charge >= 0.3 is 0 Å². The van der Waals surface area contributed by atoms with Crippen LogP contribution in [0.15, 0.2) is 52.0 Å². The van der Waals surface area contributed by atoms with Gasteiger partial charge in [-0.3, -0.25) is 4.90 Å². The van der Waals surface area contributed by atoms with Crippen LogP contribution in [0.5, 0.6) is 0 Å². The molecule has 170 valence electrons. The summed E-state index contributed by atoms with van der Waals surface area (Å²) in [5.41, 5.74) is 0. The SMILES string of the molecule is O=S1(=O)C[C@H](NCC(c2ccco2)N2CCOCC2)[C@@H](S(=O)(=O)c2ccc(F)cc2)C1. The Bertz CT molecular complexity index is 1080. The molecule has 3 atom stereocenters. The van der Waals surface area contributed by atoms with Crippen molar-refractivity contribution in [3.05, 3.63) is 54.2 Å². The first-order chi connectivity index (χ1) is 14.8. The highest BCUT2D eigenvalue weighted by Gasteiger charge is 2.46. The van der Waals surface area contributed by atoms with Gasteiger partial charge in [0, 0.05) is 25.7 Å². The summed E-state index contributed by atoms with van der Waals surface area (Å²) in [5, 5.41) is 2.04. The molecule has 8 nitrogen and oxygen atoms in total. The summed E-state index contributed by atoms with van der Waals surface area (Å²) in [4.78, 5) is 2.08. The molecule has 0 amide bonds. The van der Waals surface area contributed by atoms with Gasteiger partial charge in [-0.05, 0) is 36.4 Å². The lowest BCUT2D eigenvalue weighted by molar-refractivity contribution is 0.0113. The Morgan fingerprint density at radius 3 is 2.48 bits per heavy atom. The van der Waals surface area contributed by atoms with Crippen LogP contribution in [0, 0.1) is 5.82 Å². The Labute approximate surface area is 181 Å². The van der Waals surface area contributed by atoms with Gasteiger partial charge < -0.3 is 14.5 Å². The molecule has 11 heteroatoms. The quantitative estimate of drug-likeness (QED) is 0.596. The van der Waals surface area contributed by atoms with Crippen molar-refractivity contribution in [3.8, 4) is 0 Å². The summed E-state index contributed by atoms with van der Waals surface area (Å²) in [7, 11) is -7.51. The van der Waals surface area contributed by atoms with Crippen molar-refractivity contribution in [2.45, 2.75) is 22.2 Å². The summed E-state index contributed by atoms with van der Waals surface area (Å²) in [6.45, 7) is 2.86. The third-order valence-electron chi connectivity index (χ3n) is 5.77. The molecule has 1 aromatic carbocycles. The molecule has 2 aliphatic heterocycles. The van der Waals surface area contributed by atoms with E-state index in [1.807, 2.05) is 6.07 Å². The summed E-state index contributed by atoms with van der Waals surface area (Å²) >= 11 is 0. The number of nitrogens with zero attached hydrogens (tertiary/aromatic N) is 1. The molecule has 31 heavy (non-hydrogen) atoms. The van der Waals surface area contributed by atoms with Crippen LogP contribution in [0.25, 0.3) is 0 Å². The number of benzene rings is 1. The van der Waals surface area contributed by atoms with Gasteiger partial charge in [-0.1, -0.05) is 0 Å². The number of hydrogen-bond donors (Lipinski definition) is 1. The van der Waals surface area contributed by atoms with E-state index in [4.69, 9.17) is 9.15 Å². The fraction of sp³-hybridized carbons (Fsp3) is 0.500. The Balaban J connectivity index is 1.55. The van der Waals surface area contributed by atoms with E-state index in [1.165, 1.54) is 12.1 Å². The first-order valence-corrected chi connectivity index (χ1v) is 13.4. The molecule has 1 unspecified atom stereocenters. The second kappa shape index (κ2) is 8.99. The van der Waals surface area contributed by atoms with Gasteiger partial charge in [0.15, 0.2) is 19.7 Å². The van der Waals surface area contributed by atoms with E-state index in [9.17, 15) is 21.2 Å². The number of sulfone groups is 2. The van der Waals surface area contributed by atoms with Crippen molar-refractivity contribution in [2.24, 2.45) is 0 Å². The van der Waals surface area contributed by atoms with E-state index in [0.717, 1.165) is 12.1 Å². The van der Waals surface area contributed by atoms with Crippen LogP contribution < -0.4 is 5.32 Å². The molecular formula is C20H25FN2O6S2. The molecule has 0 saturated carbocycles. The molecule has 2 aromatic rings. The van der Waals surface area contributed by atoms with Gasteiger partial charge in [0.05, 0.1) is 47.2 Å². The highest BCUT2D eigenvalue weighted by Crippen LogP contribution is 2.28. The predicted molar refractivity (Wildman–Crippen MR) is 112 cm³/mol. The normalized spacial score (nSPS) is 25.5. The first kappa shape index (κ1) is 22.4. The minimum absolute atomic E-state index is 0.0847. The Morgan fingerprint density at radius 1 is 1.13 bits per heavy atom. The first-order valence-electron chi connectivity index (χ1n) is 10.0. The van der Waals surface area contributed by atoms with Gasteiger partial charge in [0.2, 0.25) is 0 Å². The van der Waals surface area contributed by atoms with Gasteiger partial charge in [-0.25, -0.2) is 21.2 Å². The molecule has 2 aliphatic rings. The molecule has 1 aromatic heterocycles. The van der Waals surface area contributed by atoms with Crippen molar-refractivity contribution in [1.82, 2.24) is 10.2 Å². The molecule has 0 spiro atoms. The Hall–Kier alpha value is -1.79. The third kappa shape index (κ3) is 5.01. The monoisotopic (exact) mass is 472 g/mol. The minimum Gasteiger partial charge on any atom is -0.468 e. The Kier molecular flexibility index (Phi) is 6.50. The topological polar surface area (TPSA) is 106 Å². The molecule has 1 N–H and O–H groups in total. The molecule has 0 bridgehead atoms. The summed E-state index contributed by atoms with van der Waals surface area (Å²) in [6.07, 6.45) is 1.57. The van der Waals surface area contributed by atoms with Crippen molar-refractivity contribution >= 4 is 19.7 Å². The zero-order chi connectivity index (χ0) is 22.1. The zero-order valence-electron chi connectivity index (χ0n) is 16.8. The molecular weight excluding hydrogens is 447 g/mol. The van der Waals surface area contributed by atoms with Crippen molar-refractivity contribution in [2.75, 3.05) is 44.4 Å².